The van der Waals surface area contributed by atoms with E-state index in [0.29, 0.717) is 50.7 Å². The molecule has 0 radical (unpaired) electrons. The summed E-state index contributed by atoms with van der Waals surface area (Å²) in [6.07, 6.45) is 10.8. The third kappa shape index (κ3) is 8.53. The minimum absolute atomic E-state index is 0.0172. The summed E-state index contributed by atoms with van der Waals surface area (Å²) >= 11 is 0. The summed E-state index contributed by atoms with van der Waals surface area (Å²) in [6, 6.07) is 9.80. The van der Waals surface area contributed by atoms with Crippen molar-refractivity contribution in [3.05, 3.63) is 42.7 Å². The smallest absolute Gasteiger partial charge is 0.308 e. The number of fused-ring (bicyclic) bond motifs is 1. The fourth-order valence-electron chi connectivity index (χ4n) is 6.09. The SMILES string of the molecule is CC[C@@H](C)C(=O)OC1CCN(C(=O)[C@H]2CC[C@H](Nc3nccc(-n4ccc5c(OCCCS(C)(=O)=O)cccc54)n3)CC2)CC1. The van der Waals surface area contributed by atoms with E-state index in [9.17, 15) is 18.0 Å². The molecule has 3 heterocycles. The number of ether oxygens (including phenoxy) is 2. The van der Waals surface area contributed by atoms with Crippen LogP contribution in [0.5, 0.6) is 5.75 Å². The molecule has 244 valence electrons. The molecule has 1 aliphatic heterocycles. The lowest BCUT2D eigenvalue weighted by Gasteiger charge is -2.36. The highest BCUT2D eigenvalue weighted by Crippen LogP contribution is 2.31. The second kappa shape index (κ2) is 14.6. The Labute approximate surface area is 265 Å². The van der Waals surface area contributed by atoms with Crippen LogP contribution in [0.15, 0.2) is 42.7 Å². The maximum atomic E-state index is 13.3. The molecule has 11 nitrogen and oxygen atoms in total. The highest BCUT2D eigenvalue weighted by molar-refractivity contribution is 7.90. The first-order chi connectivity index (χ1) is 21.6. The van der Waals surface area contributed by atoms with Crippen LogP contribution < -0.4 is 10.1 Å². The number of aromatic nitrogens is 3. The number of hydrogen-bond donors (Lipinski definition) is 1. The van der Waals surface area contributed by atoms with Gasteiger partial charge in [0, 0.05) is 61.9 Å². The Morgan fingerprint density at radius 3 is 2.53 bits per heavy atom. The summed E-state index contributed by atoms with van der Waals surface area (Å²) in [4.78, 5) is 36.6. The van der Waals surface area contributed by atoms with Crippen LogP contribution in [0.4, 0.5) is 5.95 Å². The maximum Gasteiger partial charge on any atom is 0.308 e. The number of amides is 1. The van der Waals surface area contributed by atoms with E-state index in [1.54, 1.807) is 6.20 Å². The molecule has 3 aromatic rings. The van der Waals surface area contributed by atoms with E-state index in [2.05, 4.69) is 10.3 Å². The number of rotatable bonds is 12. The topological polar surface area (TPSA) is 133 Å². The van der Waals surface area contributed by atoms with Crippen molar-refractivity contribution in [3.63, 3.8) is 0 Å². The Morgan fingerprint density at radius 1 is 1.07 bits per heavy atom. The van der Waals surface area contributed by atoms with Crippen LogP contribution in [0.25, 0.3) is 16.7 Å². The second-order valence-corrected chi connectivity index (χ2v) is 14.7. The van der Waals surface area contributed by atoms with E-state index in [4.69, 9.17) is 14.5 Å². The zero-order valence-electron chi connectivity index (χ0n) is 26.5. The number of piperidine rings is 1. The summed E-state index contributed by atoms with van der Waals surface area (Å²) in [5.74, 6) is 2.08. The summed E-state index contributed by atoms with van der Waals surface area (Å²) in [7, 11) is -3.02. The number of benzene rings is 1. The van der Waals surface area contributed by atoms with E-state index in [1.165, 1.54) is 6.26 Å². The van der Waals surface area contributed by atoms with Crippen LogP contribution in [-0.2, 0) is 24.2 Å². The molecule has 1 N–H and O–H groups in total. The van der Waals surface area contributed by atoms with Crippen LogP contribution in [0, 0.1) is 11.8 Å². The first kappa shape index (κ1) is 32.7. The molecular weight excluding hydrogens is 594 g/mol. The van der Waals surface area contributed by atoms with E-state index in [1.807, 2.05) is 59.8 Å². The standard InChI is InChI=1S/C33H45N5O6S/c1-4-23(2)32(40)44-26-14-18-37(19-15-26)31(39)24-9-11-25(12-10-24)35-33-34-17-13-30(36-33)38-20-16-27-28(38)7-5-8-29(27)43-21-6-22-45(3,41)42/h5,7-8,13,16-17,20,23-26H,4,6,9-12,14-15,18-19,21-22H2,1-3H3,(H,34,35,36)/t23-,24-,25-/m1/s1. The summed E-state index contributed by atoms with van der Waals surface area (Å²) in [5, 5.41) is 4.40. The molecule has 2 aliphatic rings. The molecular formula is C33H45N5O6S. The van der Waals surface area contributed by atoms with Gasteiger partial charge in [0.25, 0.3) is 0 Å². The van der Waals surface area contributed by atoms with E-state index >= 15 is 0 Å². The van der Waals surface area contributed by atoms with Crippen LogP contribution >= 0.6 is 0 Å². The lowest BCUT2D eigenvalue weighted by molar-refractivity contribution is -0.156. The van der Waals surface area contributed by atoms with Crippen LogP contribution in [0.3, 0.4) is 0 Å². The fourth-order valence-corrected chi connectivity index (χ4v) is 6.73. The van der Waals surface area contributed by atoms with Crippen molar-refractivity contribution < 1.29 is 27.5 Å². The molecule has 0 unspecified atom stereocenters. The van der Waals surface area contributed by atoms with E-state index in [-0.39, 0.29) is 41.6 Å². The molecule has 1 aromatic carbocycles. The number of carbonyl (C=O) groups is 2. The number of hydrogen-bond acceptors (Lipinski definition) is 9. The van der Waals surface area contributed by atoms with E-state index < -0.39 is 9.84 Å². The lowest BCUT2D eigenvalue weighted by Crippen LogP contribution is -2.45. The number of nitrogens with one attached hydrogen (secondary N) is 1. The highest BCUT2D eigenvalue weighted by atomic mass is 32.2. The van der Waals surface area contributed by atoms with Crippen molar-refractivity contribution in [1.29, 1.82) is 0 Å². The van der Waals surface area contributed by atoms with Crippen LogP contribution in [0.1, 0.15) is 65.2 Å². The Morgan fingerprint density at radius 2 is 1.82 bits per heavy atom. The van der Waals surface area contributed by atoms with Gasteiger partial charge in [-0.05, 0) is 62.8 Å². The number of esters is 1. The number of carbonyl (C=O) groups excluding carboxylic acids is 2. The Hall–Kier alpha value is -3.67. The van der Waals surface area contributed by atoms with Crippen molar-refractivity contribution >= 4 is 38.6 Å². The van der Waals surface area contributed by atoms with Gasteiger partial charge >= 0.3 is 5.97 Å². The summed E-state index contributed by atoms with van der Waals surface area (Å²) in [6.45, 7) is 5.47. The van der Waals surface area contributed by atoms with Crippen LogP contribution in [0.2, 0.25) is 0 Å². The first-order valence-electron chi connectivity index (χ1n) is 16.1. The molecule has 0 bridgehead atoms. The Bertz CT molecular complexity index is 1580. The van der Waals surface area contributed by atoms with Gasteiger partial charge in [-0.25, -0.2) is 13.4 Å². The predicted molar refractivity (Wildman–Crippen MR) is 173 cm³/mol. The molecule has 1 saturated carbocycles. The Balaban J connectivity index is 1.12. The van der Waals surface area contributed by atoms with Gasteiger partial charge in [-0.1, -0.05) is 19.9 Å². The van der Waals surface area contributed by atoms with Crippen molar-refractivity contribution in [2.45, 2.75) is 77.4 Å². The number of anilines is 1. The first-order valence-corrected chi connectivity index (χ1v) is 18.2. The van der Waals surface area contributed by atoms with Crippen molar-refractivity contribution in [2.75, 3.05) is 37.0 Å². The normalized spacial score (nSPS) is 20.1. The van der Waals surface area contributed by atoms with Crippen molar-refractivity contribution in [1.82, 2.24) is 19.4 Å². The number of likely N-dealkylation sites (tertiary alicyclic amines) is 1. The highest BCUT2D eigenvalue weighted by Gasteiger charge is 2.33. The minimum atomic E-state index is -3.02. The quantitative estimate of drug-likeness (QED) is 0.220. The van der Waals surface area contributed by atoms with Gasteiger partial charge in [0.15, 0.2) is 0 Å². The zero-order chi connectivity index (χ0) is 32.0. The summed E-state index contributed by atoms with van der Waals surface area (Å²) < 4.78 is 36.4. The van der Waals surface area contributed by atoms with Gasteiger partial charge < -0.3 is 24.3 Å². The number of sulfone groups is 1. The average Bonchev–Trinajstić information content (AvgIpc) is 3.48. The van der Waals surface area contributed by atoms with Crippen molar-refractivity contribution in [2.24, 2.45) is 11.8 Å². The van der Waals surface area contributed by atoms with Gasteiger partial charge in [0.1, 0.15) is 27.5 Å². The fraction of sp³-hybridized carbons (Fsp3) is 0.576. The van der Waals surface area contributed by atoms with Gasteiger partial charge in [-0.3, -0.25) is 9.59 Å². The predicted octanol–water partition coefficient (Wildman–Crippen LogP) is 4.79. The molecule has 2 aromatic heterocycles. The molecule has 1 atom stereocenters. The Kier molecular flexibility index (Phi) is 10.6. The van der Waals surface area contributed by atoms with Gasteiger partial charge in [0.05, 0.1) is 23.8 Å². The van der Waals surface area contributed by atoms with Crippen LogP contribution in [-0.4, -0.2) is 83.6 Å². The van der Waals surface area contributed by atoms with E-state index in [0.717, 1.165) is 48.8 Å². The molecule has 1 saturated heterocycles. The molecule has 5 rings (SSSR count). The molecule has 1 amide bonds. The monoisotopic (exact) mass is 639 g/mol. The molecule has 0 spiro atoms. The minimum Gasteiger partial charge on any atom is -0.493 e. The van der Waals surface area contributed by atoms with Gasteiger partial charge in [0.2, 0.25) is 11.9 Å². The molecule has 2 fully saturated rings. The maximum absolute atomic E-state index is 13.3. The molecule has 45 heavy (non-hydrogen) atoms. The van der Waals surface area contributed by atoms with Gasteiger partial charge in [-0.15, -0.1) is 0 Å². The van der Waals surface area contributed by atoms with Gasteiger partial charge in [-0.2, -0.15) is 4.98 Å². The number of nitrogens with zero attached hydrogens (tertiary/aromatic N) is 4. The third-order valence-electron chi connectivity index (χ3n) is 8.96. The second-order valence-electron chi connectivity index (χ2n) is 12.4. The molecule has 1 aliphatic carbocycles. The lowest BCUT2D eigenvalue weighted by atomic mass is 9.85. The zero-order valence-corrected chi connectivity index (χ0v) is 27.3. The average molecular weight is 640 g/mol. The van der Waals surface area contributed by atoms with Crippen molar-refractivity contribution in [3.8, 4) is 11.6 Å². The summed E-state index contributed by atoms with van der Waals surface area (Å²) in [5.41, 5.74) is 0.928. The largest absolute Gasteiger partial charge is 0.493 e. The molecule has 12 heteroatoms. The third-order valence-corrected chi connectivity index (χ3v) is 9.99.